The molecule has 3 rings (SSSR count). The van der Waals surface area contributed by atoms with E-state index in [9.17, 15) is 14.9 Å². The number of halogens is 1. The Labute approximate surface area is 156 Å². The van der Waals surface area contributed by atoms with Gasteiger partial charge in [-0.15, -0.1) is 0 Å². The predicted octanol–water partition coefficient (Wildman–Crippen LogP) is 4.45. The molecule has 1 saturated carbocycles. The number of nitrogens with zero attached hydrogens (tertiary/aromatic N) is 1. The minimum absolute atomic E-state index is 0.0536. The van der Waals surface area contributed by atoms with Crippen LogP contribution in [0.3, 0.4) is 0 Å². The van der Waals surface area contributed by atoms with Gasteiger partial charge in [-0.3, -0.25) is 14.9 Å². The van der Waals surface area contributed by atoms with Crippen LogP contribution in [0.4, 0.5) is 11.4 Å². The zero-order valence-electron chi connectivity index (χ0n) is 14.4. The van der Waals surface area contributed by atoms with Gasteiger partial charge >= 0.3 is 0 Å². The lowest BCUT2D eigenvalue weighted by Crippen LogP contribution is -2.18. The topological polar surface area (TPSA) is 84.3 Å². The standard InChI is InChI=1S/C19H20ClN3O3/c1-12(21-11-13-2-9-17(20)18(10-13)23(25)26)14-5-7-16(8-6-14)22-19(24)15-3-4-15/h2,5-10,12,15,21H,3-4,11H2,1H3,(H,22,24). The average Bonchev–Trinajstić information content (AvgIpc) is 3.46. The van der Waals surface area contributed by atoms with Gasteiger partial charge in [-0.25, -0.2) is 0 Å². The molecule has 7 heteroatoms. The number of hydrogen-bond acceptors (Lipinski definition) is 4. The fourth-order valence-corrected chi connectivity index (χ4v) is 2.83. The van der Waals surface area contributed by atoms with Crippen LogP contribution in [-0.4, -0.2) is 10.8 Å². The average molecular weight is 374 g/mol. The van der Waals surface area contributed by atoms with Crippen molar-refractivity contribution in [1.29, 1.82) is 0 Å². The molecule has 1 unspecified atom stereocenters. The number of rotatable bonds is 7. The van der Waals surface area contributed by atoms with Gasteiger partial charge in [0.25, 0.3) is 5.69 Å². The van der Waals surface area contributed by atoms with Crippen molar-refractivity contribution in [1.82, 2.24) is 5.32 Å². The van der Waals surface area contributed by atoms with E-state index in [0.717, 1.165) is 29.7 Å². The fourth-order valence-electron chi connectivity index (χ4n) is 2.64. The van der Waals surface area contributed by atoms with E-state index < -0.39 is 4.92 Å². The molecule has 0 aliphatic heterocycles. The zero-order chi connectivity index (χ0) is 18.7. The van der Waals surface area contributed by atoms with Gasteiger partial charge in [-0.2, -0.15) is 0 Å². The van der Waals surface area contributed by atoms with Crippen molar-refractivity contribution in [2.45, 2.75) is 32.4 Å². The second-order valence-corrected chi connectivity index (χ2v) is 6.94. The summed E-state index contributed by atoms with van der Waals surface area (Å²) in [7, 11) is 0. The number of carbonyl (C=O) groups excluding carboxylic acids is 1. The van der Waals surface area contributed by atoms with Crippen LogP contribution in [0.15, 0.2) is 42.5 Å². The maximum atomic E-state index is 11.8. The third-order valence-electron chi connectivity index (χ3n) is 4.45. The van der Waals surface area contributed by atoms with Gasteiger partial charge in [-0.1, -0.05) is 29.8 Å². The molecule has 1 atom stereocenters. The predicted molar refractivity (Wildman–Crippen MR) is 101 cm³/mol. The molecule has 1 aliphatic carbocycles. The number of nitrogens with one attached hydrogen (secondary N) is 2. The molecule has 1 fully saturated rings. The highest BCUT2D eigenvalue weighted by Crippen LogP contribution is 2.30. The highest BCUT2D eigenvalue weighted by atomic mass is 35.5. The lowest BCUT2D eigenvalue weighted by molar-refractivity contribution is -0.384. The summed E-state index contributed by atoms with van der Waals surface area (Å²) in [6.07, 6.45) is 1.96. The molecule has 26 heavy (non-hydrogen) atoms. The minimum atomic E-state index is -0.482. The Bertz CT molecular complexity index is 819. The van der Waals surface area contributed by atoms with E-state index in [2.05, 4.69) is 10.6 Å². The molecule has 2 N–H and O–H groups in total. The van der Waals surface area contributed by atoms with Crippen LogP contribution in [0.2, 0.25) is 5.02 Å². The summed E-state index contributed by atoms with van der Waals surface area (Å²) < 4.78 is 0. The molecular weight excluding hydrogens is 354 g/mol. The molecule has 2 aromatic carbocycles. The molecule has 0 saturated heterocycles. The van der Waals surface area contributed by atoms with Gasteiger partial charge in [0.2, 0.25) is 5.91 Å². The first-order chi connectivity index (χ1) is 12.4. The fraction of sp³-hybridized carbons (Fsp3) is 0.316. The second kappa shape index (κ2) is 7.85. The number of nitro groups is 1. The first kappa shape index (κ1) is 18.4. The number of benzene rings is 2. The van der Waals surface area contributed by atoms with Gasteiger partial charge in [0.05, 0.1) is 4.92 Å². The van der Waals surface area contributed by atoms with Gasteiger partial charge < -0.3 is 10.6 Å². The first-order valence-corrected chi connectivity index (χ1v) is 8.89. The van der Waals surface area contributed by atoms with E-state index in [1.807, 2.05) is 31.2 Å². The molecule has 1 amide bonds. The summed E-state index contributed by atoms with van der Waals surface area (Å²) in [5.41, 5.74) is 2.57. The molecule has 6 nitrogen and oxygen atoms in total. The molecule has 0 spiro atoms. The Kier molecular flexibility index (Phi) is 5.54. The molecular formula is C19H20ClN3O3. The maximum Gasteiger partial charge on any atom is 0.288 e. The quantitative estimate of drug-likeness (QED) is 0.554. The molecule has 0 heterocycles. The number of carbonyl (C=O) groups is 1. The summed E-state index contributed by atoms with van der Waals surface area (Å²) in [6, 6.07) is 12.6. The third kappa shape index (κ3) is 4.59. The van der Waals surface area contributed by atoms with Crippen molar-refractivity contribution in [2.24, 2.45) is 5.92 Å². The van der Waals surface area contributed by atoms with Gasteiger partial charge in [0, 0.05) is 30.3 Å². The van der Waals surface area contributed by atoms with Crippen molar-refractivity contribution in [3.8, 4) is 0 Å². The van der Waals surface area contributed by atoms with Crippen molar-refractivity contribution in [3.05, 3.63) is 68.7 Å². The number of nitro benzene ring substituents is 1. The summed E-state index contributed by atoms with van der Waals surface area (Å²) in [5, 5.41) is 17.3. The Morgan fingerprint density at radius 2 is 1.96 bits per heavy atom. The molecule has 0 bridgehead atoms. The summed E-state index contributed by atoms with van der Waals surface area (Å²) >= 11 is 5.83. The molecule has 1 aliphatic rings. The van der Waals surface area contributed by atoms with Crippen LogP contribution in [0.1, 0.15) is 36.9 Å². The highest BCUT2D eigenvalue weighted by Gasteiger charge is 2.29. The molecule has 136 valence electrons. The smallest absolute Gasteiger partial charge is 0.288 e. The van der Waals surface area contributed by atoms with E-state index in [0.29, 0.717) is 6.54 Å². The third-order valence-corrected chi connectivity index (χ3v) is 4.77. The Morgan fingerprint density at radius 3 is 2.58 bits per heavy atom. The van der Waals surface area contributed by atoms with Crippen LogP contribution in [-0.2, 0) is 11.3 Å². The maximum absolute atomic E-state index is 11.8. The largest absolute Gasteiger partial charge is 0.326 e. The number of anilines is 1. The van der Waals surface area contributed by atoms with Crippen molar-refractivity contribution in [3.63, 3.8) is 0 Å². The minimum Gasteiger partial charge on any atom is -0.326 e. The van der Waals surface area contributed by atoms with Gasteiger partial charge in [-0.05, 0) is 49.1 Å². The summed E-state index contributed by atoms with van der Waals surface area (Å²) in [4.78, 5) is 22.2. The number of amides is 1. The van der Waals surface area contributed by atoms with E-state index in [4.69, 9.17) is 11.6 Å². The van der Waals surface area contributed by atoms with Crippen LogP contribution < -0.4 is 10.6 Å². The zero-order valence-corrected chi connectivity index (χ0v) is 15.1. The first-order valence-electron chi connectivity index (χ1n) is 8.51. The van der Waals surface area contributed by atoms with Gasteiger partial charge in [0.1, 0.15) is 5.02 Å². The van der Waals surface area contributed by atoms with Crippen molar-refractivity contribution in [2.75, 3.05) is 5.32 Å². The van der Waals surface area contributed by atoms with Crippen LogP contribution in [0, 0.1) is 16.0 Å². The van der Waals surface area contributed by atoms with E-state index in [-0.39, 0.29) is 28.6 Å². The van der Waals surface area contributed by atoms with Crippen LogP contribution in [0.25, 0.3) is 0 Å². The number of hydrogen-bond donors (Lipinski definition) is 2. The van der Waals surface area contributed by atoms with Gasteiger partial charge in [0.15, 0.2) is 0 Å². The highest BCUT2D eigenvalue weighted by molar-refractivity contribution is 6.32. The second-order valence-electron chi connectivity index (χ2n) is 6.53. The molecule has 2 aromatic rings. The van der Waals surface area contributed by atoms with Crippen LogP contribution in [0.5, 0.6) is 0 Å². The van der Waals surface area contributed by atoms with Crippen molar-refractivity contribution >= 4 is 28.9 Å². The van der Waals surface area contributed by atoms with Crippen LogP contribution >= 0.6 is 11.6 Å². The Morgan fingerprint density at radius 1 is 1.27 bits per heavy atom. The van der Waals surface area contributed by atoms with Crippen molar-refractivity contribution < 1.29 is 9.72 Å². The van der Waals surface area contributed by atoms with E-state index >= 15 is 0 Å². The Hall–Kier alpha value is -2.44. The lowest BCUT2D eigenvalue weighted by atomic mass is 10.1. The summed E-state index contributed by atoms with van der Waals surface area (Å²) in [5.74, 6) is 0.270. The normalized spacial score (nSPS) is 14.7. The van der Waals surface area contributed by atoms with E-state index in [1.165, 1.54) is 6.07 Å². The van der Waals surface area contributed by atoms with E-state index in [1.54, 1.807) is 12.1 Å². The SMILES string of the molecule is CC(NCc1ccc(Cl)c([N+](=O)[O-])c1)c1ccc(NC(=O)C2CC2)cc1. The lowest BCUT2D eigenvalue weighted by Gasteiger charge is -2.15. The molecule has 0 radical (unpaired) electrons. The summed E-state index contributed by atoms with van der Waals surface area (Å²) in [6.45, 7) is 2.50. The molecule has 0 aromatic heterocycles. The monoisotopic (exact) mass is 373 g/mol. The Balaban J connectivity index is 1.57.